The van der Waals surface area contributed by atoms with Crippen LogP contribution in [0.1, 0.15) is 99.3 Å². The standard InChI is InChI=1S/C37H44ClN5O5/c1-23(2)36(14-15-36)48-34(44)41-32(31-21-39-22-42(31)3)29-19-24-7-6-16-40-33(24)37(46,30-11-10-26(38)20-28(29)30)25-12-17-43(18-13-25)35(45)47-27-8-4-5-9-27/h6-7,10-11,16,19-23,25,27,32,46H,4-5,8-9,12-15,17-18H2,1-3H3,(H,41,44). The van der Waals surface area contributed by atoms with Gasteiger partial charge in [-0.1, -0.05) is 37.6 Å². The lowest BCUT2D eigenvalue weighted by Gasteiger charge is -2.42. The Labute approximate surface area is 286 Å². The molecule has 2 amide bonds. The normalized spacial score (nSPS) is 22.7. The molecule has 48 heavy (non-hydrogen) atoms. The van der Waals surface area contributed by atoms with Crippen molar-refractivity contribution >= 4 is 35.4 Å². The van der Waals surface area contributed by atoms with E-state index in [4.69, 9.17) is 26.1 Å². The van der Waals surface area contributed by atoms with Gasteiger partial charge in [-0.2, -0.15) is 0 Å². The molecule has 11 heteroatoms. The molecule has 0 bridgehead atoms. The number of ether oxygens (including phenoxy) is 2. The molecule has 1 saturated heterocycles. The number of amides is 2. The maximum absolute atomic E-state index is 13.6. The Bertz CT molecular complexity index is 1720. The van der Waals surface area contributed by atoms with E-state index in [-0.39, 0.29) is 24.0 Å². The molecule has 2 aromatic heterocycles. The van der Waals surface area contributed by atoms with Gasteiger partial charge in [0.2, 0.25) is 0 Å². The third-order valence-electron chi connectivity index (χ3n) is 10.9. The van der Waals surface area contributed by atoms with Crippen LogP contribution in [0.2, 0.25) is 5.02 Å². The second-order valence-corrected chi connectivity index (χ2v) is 14.6. The molecule has 254 valence electrons. The summed E-state index contributed by atoms with van der Waals surface area (Å²) in [4.78, 5) is 37.6. The highest BCUT2D eigenvalue weighted by Crippen LogP contribution is 2.50. The molecule has 2 unspecified atom stereocenters. The summed E-state index contributed by atoms with van der Waals surface area (Å²) in [7, 11) is 1.88. The van der Waals surface area contributed by atoms with Crippen LogP contribution in [0.15, 0.2) is 49.1 Å². The first-order valence-corrected chi connectivity index (χ1v) is 17.6. The number of alkyl carbamates (subject to hydrolysis) is 1. The fraction of sp³-hybridized carbons (Fsp3) is 0.514. The molecule has 2 saturated carbocycles. The van der Waals surface area contributed by atoms with Crippen molar-refractivity contribution in [1.29, 1.82) is 0 Å². The van der Waals surface area contributed by atoms with E-state index in [0.717, 1.165) is 55.4 Å². The molecule has 3 heterocycles. The molecule has 1 aromatic carbocycles. The SMILES string of the molecule is CC(C)C1(OC(=O)NC(C2=Cc3cccnc3C(O)(C3CCN(C(=O)OC4CCCC4)CC3)c3ccc(Cl)cc32)c2cncn2C)CC1. The van der Waals surface area contributed by atoms with Crippen LogP contribution in [0.5, 0.6) is 0 Å². The van der Waals surface area contributed by atoms with Gasteiger partial charge in [0.15, 0.2) is 0 Å². The molecule has 3 fully saturated rings. The Balaban J connectivity index is 1.26. The van der Waals surface area contributed by atoms with Gasteiger partial charge in [0.1, 0.15) is 17.3 Å². The molecular formula is C37H44ClN5O5. The van der Waals surface area contributed by atoms with Gasteiger partial charge in [-0.3, -0.25) is 4.98 Å². The summed E-state index contributed by atoms with van der Waals surface area (Å²) in [6, 6.07) is 8.59. The predicted molar refractivity (Wildman–Crippen MR) is 182 cm³/mol. The van der Waals surface area contributed by atoms with Gasteiger partial charge in [0.05, 0.1) is 30.0 Å². The molecule has 0 radical (unpaired) electrons. The molecule has 2 atom stereocenters. The number of carbonyl (C=O) groups is 2. The molecule has 2 N–H and O–H groups in total. The lowest BCUT2D eigenvalue weighted by Crippen LogP contribution is -2.47. The first-order valence-electron chi connectivity index (χ1n) is 17.2. The van der Waals surface area contributed by atoms with Gasteiger partial charge >= 0.3 is 12.2 Å². The van der Waals surface area contributed by atoms with Gasteiger partial charge in [-0.05, 0) is 104 Å². The summed E-state index contributed by atoms with van der Waals surface area (Å²) in [5, 5.41) is 16.8. The minimum absolute atomic E-state index is 0.00286. The minimum Gasteiger partial charge on any atom is -0.446 e. The summed E-state index contributed by atoms with van der Waals surface area (Å²) in [6.07, 6.45) is 13.1. The highest BCUT2D eigenvalue weighted by molar-refractivity contribution is 6.30. The van der Waals surface area contributed by atoms with E-state index in [2.05, 4.69) is 24.1 Å². The second kappa shape index (κ2) is 12.9. The van der Waals surface area contributed by atoms with Crippen molar-refractivity contribution in [2.24, 2.45) is 18.9 Å². The van der Waals surface area contributed by atoms with Crippen molar-refractivity contribution in [3.63, 3.8) is 0 Å². The summed E-state index contributed by atoms with van der Waals surface area (Å²) in [5.74, 6) is -0.0674. The maximum Gasteiger partial charge on any atom is 0.410 e. The number of pyridine rings is 1. The highest BCUT2D eigenvalue weighted by Gasteiger charge is 2.51. The lowest BCUT2D eigenvalue weighted by molar-refractivity contribution is -0.0204. The Morgan fingerprint density at radius 1 is 1.10 bits per heavy atom. The summed E-state index contributed by atoms with van der Waals surface area (Å²) >= 11 is 6.69. The van der Waals surface area contributed by atoms with Crippen LogP contribution in [0.4, 0.5) is 9.59 Å². The number of hydrogen-bond donors (Lipinski definition) is 2. The third kappa shape index (κ3) is 5.98. The lowest BCUT2D eigenvalue weighted by atomic mass is 9.72. The van der Waals surface area contributed by atoms with Gasteiger partial charge in [-0.15, -0.1) is 0 Å². The van der Waals surface area contributed by atoms with Crippen molar-refractivity contribution in [2.75, 3.05) is 13.1 Å². The van der Waals surface area contributed by atoms with Crippen LogP contribution in [-0.2, 0) is 22.1 Å². The molecule has 3 aromatic rings. The Hall–Kier alpha value is -3.89. The van der Waals surface area contributed by atoms with Crippen molar-refractivity contribution in [1.82, 2.24) is 24.8 Å². The van der Waals surface area contributed by atoms with Crippen molar-refractivity contribution in [3.8, 4) is 0 Å². The number of fused-ring (bicyclic) bond motifs is 2. The zero-order valence-electron chi connectivity index (χ0n) is 27.8. The topological polar surface area (TPSA) is 119 Å². The van der Waals surface area contributed by atoms with E-state index in [9.17, 15) is 14.7 Å². The number of piperidine rings is 1. The van der Waals surface area contributed by atoms with Gasteiger partial charge in [0.25, 0.3) is 0 Å². The number of nitrogens with one attached hydrogen (secondary N) is 1. The smallest absolute Gasteiger partial charge is 0.410 e. The second-order valence-electron chi connectivity index (χ2n) is 14.2. The van der Waals surface area contributed by atoms with E-state index < -0.39 is 23.3 Å². The number of carbonyl (C=O) groups excluding carboxylic acids is 2. The van der Waals surface area contributed by atoms with Crippen molar-refractivity contribution in [3.05, 3.63) is 82.2 Å². The molecule has 0 spiro atoms. The fourth-order valence-electron chi connectivity index (χ4n) is 7.88. The number of likely N-dealkylation sites (tertiary alicyclic amines) is 1. The first kappa shape index (κ1) is 32.6. The summed E-state index contributed by atoms with van der Waals surface area (Å²) < 4.78 is 13.7. The first-order chi connectivity index (χ1) is 23.1. The van der Waals surface area contributed by atoms with Crippen molar-refractivity contribution in [2.45, 2.75) is 88.6 Å². The average Bonchev–Trinajstić information content (AvgIpc) is 3.48. The van der Waals surface area contributed by atoms with Crippen LogP contribution in [0.3, 0.4) is 0 Å². The van der Waals surface area contributed by atoms with E-state index in [1.54, 1.807) is 29.7 Å². The van der Waals surface area contributed by atoms with Gasteiger partial charge in [0, 0.05) is 37.3 Å². The monoisotopic (exact) mass is 673 g/mol. The number of halogens is 1. The Kier molecular flexibility index (Phi) is 8.74. The molecule has 1 aliphatic heterocycles. The number of rotatable bonds is 7. The van der Waals surface area contributed by atoms with E-state index in [1.807, 2.05) is 42.0 Å². The number of aryl methyl sites for hydroxylation is 1. The number of aliphatic hydroxyl groups is 1. The van der Waals surface area contributed by atoms with Crippen LogP contribution >= 0.6 is 11.6 Å². The highest BCUT2D eigenvalue weighted by atomic mass is 35.5. The summed E-state index contributed by atoms with van der Waals surface area (Å²) in [6.45, 7) is 5.07. The zero-order valence-corrected chi connectivity index (χ0v) is 28.6. The molecule has 3 aliphatic carbocycles. The molecule has 10 nitrogen and oxygen atoms in total. The number of nitrogens with zero attached hydrogens (tertiary/aromatic N) is 4. The Morgan fingerprint density at radius 2 is 1.85 bits per heavy atom. The van der Waals surface area contributed by atoms with Crippen molar-refractivity contribution < 1.29 is 24.2 Å². The molecule has 7 rings (SSSR count). The average molecular weight is 674 g/mol. The molecular weight excluding hydrogens is 630 g/mol. The quantitative estimate of drug-likeness (QED) is 0.277. The third-order valence-corrected chi connectivity index (χ3v) is 11.2. The largest absolute Gasteiger partial charge is 0.446 e. The zero-order chi connectivity index (χ0) is 33.6. The number of benzene rings is 1. The van der Waals surface area contributed by atoms with Crippen LogP contribution in [0, 0.1) is 11.8 Å². The number of hydrogen-bond acceptors (Lipinski definition) is 7. The van der Waals surface area contributed by atoms with E-state index in [0.29, 0.717) is 47.8 Å². The number of imidazole rings is 1. The fourth-order valence-corrected chi connectivity index (χ4v) is 8.05. The number of aromatic nitrogens is 3. The van der Waals surface area contributed by atoms with Crippen LogP contribution in [-0.4, -0.2) is 61.5 Å². The minimum atomic E-state index is -1.51. The van der Waals surface area contributed by atoms with Gasteiger partial charge in [-0.25, -0.2) is 14.6 Å². The van der Waals surface area contributed by atoms with E-state index in [1.165, 1.54) is 0 Å². The molecule has 4 aliphatic rings. The van der Waals surface area contributed by atoms with Gasteiger partial charge < -0.3 is 29.4 Å². The predicted octanol–water partition coefficient (Wildman–Crippen LogP) is 7.01. The van der Waals surface area contributed by atoms with E-state index >= 15 is 0 Å². The Morgan fingerprint density at radius 3 is 2.52 bits per heavy atom. The van der Waals surface area contributed by atoms with Crippen LogP contribution < -0.4 is 5.32 Å². The van der Waals surface area contributed by atoms with Crippen LogP contribution in [0.25, 0.3) is 11.6 Å². The maximum atomic E-state index is 13.6. The summed E-state index contributed by atoms with van der Waals surface area (Å²) in [5.41, 5.74) is 2.09.